The fourth-order valence-electron chi connectivity index (χ4n) is 4.53. The van der Waals surface area contributed by atoms with E-state index < -0.39 is 18.0 Å². The van der Waals surface area contributed by atoms with Crippen molar-refractivity contribution < 1.29 is 32.5 Å². The van der Waals surface area contributed by atoms with Crippen molar-refractivity contribution in [3.8, 4) is 23.0 Å². The molecule has 0 aliphatic carbocycles. The first kappa shape index (κ1) is 27.8. The van der Waals surface area contributed by atoms with Crippen LogP contribution in [0.2, 0.25) is 0 Å². The molecule has 0 aromatic heterocycles. The molecule has 7 nitrogen and oxygen atoms in total. The molecule has 4 rings (SSSR count). The molecule has 39 heavy (non-hydrogen) atoms. The largest absolute Gasteiger partial charge is 0.497 e. The van der Waals surface area contributed by atoms with Crippen LogP contribution >= 0.6 is 0 Å². The van der Waals surface area contributed by atoms with Crippen molar-refractivity contribution in [1.29, 1.82) is 0 Å². The van der Waals surface area contributed by atoms with Crippen LogP contribution < -0.4 is 18.9 Å². The summed E-state index contributed by atoms with van der Waals surface area (Å²) in [5.41, 5.74) is 0.147. The van der Waals surface area contributed by atoms with Gasteiger partial charge in [-0.25, -0.2) is 13.8 Å². The topological polar surface area (TPSA) is 61.8 Å². The SMILES string of the molecule is COc1ccc(CN(Cc2ccc(OC)cc2OC)C2=N[C@](CF)(c3ccccc3F)C=C(C)O2)c(OC)c1. The minimum absolute atomic E-state index is 0.122. The number of halogens is 2. The average molecular weight is 539 g/mol. The van der Waals surface area contributed by atoms with Crippen LogP contribution in [0.4, 0.5) is 8.78 Å². The van der Waals surface area contributed by atoms with Gasteiger partial charge in [0.1, 0.15) is 46.8 Å². The third kappa shape index (κ3) is 5.92. The minimum Gasteiger partial charge on any atom is -0.497 e. The molecule has 0 bridgehead atoms. The Morgan fingerprint density at radius 1 is 0.821 bits per heavy atom. The van der Waals surface area contributed by atoms with Crippen LogP contribution in [0.3, 0.4) is 0 Å². The molecule has 0 saturated carbocycles. The Bertz CT molecular complexity index is 1320. The van der Waals surface area contributed by atoms with Gasteiger partial charge >= 0.3 is 0 Å². The van der Waals surface area contributed by atoms with Crippen LogP contribution in [-0.2, 0) is 23.4 Å². The highest BCUT2D eigenvalue weighted by Crippen LogP contribution is 2.37. The van der Waals surface area contributed by atoms with Crippen molar-refractivity contribution in [3.05, 3.63) is 95.0 Å². The van der Waals surface area contributed by atoms with E-state index in [1.807, 2.05) is 29.2 Å². The zero-order valence-electron chi connectivity index (χ0n) is 22.7. The Balaban J connectivity index is 1.83. The van der Waals surface area contributed by atoms with Gasteiger partial charge in [0.2, 0.25) is 0 Å². The predicted octanol–water partition coefficient (Wildman–Crippen LogP) is 6.02. The Morgan fingerprint density at radius 2 is 1.38 bits per heavy atom. The first-order chi connectivity index (χ1) is 18.9. The van der Waals surface area contributed by atoms with Crippen LogP contribution in [-0.4, -0.2) is 46.0 Å². The third-order valence-electron chi connectivity index (χ3n) is 6.51. The molecule has 1 atom stereocenters. The van der Waals surface area contributed by atoms with Crippen LogP contribution in [0, 0.1) is 5.82 Å². The second-order valence-electron chi connectivity index (χ2n) is 9.00. The molecule has 0 N–H and O–H groups in total. The quantitative estimate of drug-likeness (QED) is 0.315. The van der Waals surface area contributed by atoms with Crippen molar-refractivity contribution in [2.24, 2.45) is 4.99 Å². The van der Waals surface area contributed by atoms with Crippen LogP contribution in [0.15, 0.2) is 77.5 Å². The van der Waals surface area contributed by atoms with E-state index in [4.69, 9.17) is 23.7 Å². The van der Waals surface area contributed by atoms with Gasteiger partial charge in [0.15, 0.2) is 0 Å². The molecule has 9 heteroatoms. The Kier molecular flexibility index (Phi) is 8.59. The van der Waals surface area contributed by atoms with Gasteiger partial charge in [-0.2, -0.15) is 0 Å². The fraction of sp³-hybridized carbons (Fsp3) is 0.300. The molecule has 206 valence electrons. The van der Waals surface area contributed by atoms with Gasteiger partial charge in [-0.1, -0.05) is 18.2 Å². The number of amidine groups is 1. The summed E-state index contributed by atoms with van der Waals surface area (Å²) in [5.74, 6) is 2.31. The summed E-state index contributed by atoms with van der Waals surface area (Å²) < 4.78 is 57.7. The van der Waals surface area contributed by atoms with E-state index in [1.54, 1.807) is 59.6 Å². The minimum atomic E-state index is -1.59. The second kappa shape index (κ2) is 12.1. The molecule has 0 saturated heterocycles. The average Bonchev–Trinajstić information content (AvgIpc) is 2.96. The van der Waals surface area contributed by atoms with Crippen LogP contribution in [0.1, 0.15) is 23.6 Å². The number of rotatable bonds is 10. The summed E-state index contributed by atoms with van der Waals surface area (Å²) in [4.78, 5) is 6.51. The van der Waals surface area contributed by atoms with Crippen molar-refractivity contribution in [2.45, 2.75) is 25.6 Å². The van der Waals surface area contributed by atoms with Gasteiger partial charge < -0.3 is 28.6 Å². The Hall–Kier alpha value is -4.27. The highest BCUT2D eigenvalue weighted by atomic mass is 19.1. The standard InChI is InChI=1S/C30H32F2N2O5/c1-20-16-30(19-31,25-8-6-7-9-26(25)32)33-29(39-20)34(17-21-10-12-23(35-2)14-27(21)37-4)18-22-11-13-24(36-3)15-28(22)38-5/h6-16H,17-19H2,1-5H3/t30-/m1/s1. The number of alkyl halides is 1. The molecule has 0 radical (unpaired) electrons. The van der Waals surface area contributed by atoms with Crippen molar-refractivity contribution >= 4 is 6.02 Å². The van der Waals surface area contributed by atoms with Gasteiger partial charge in [-0.15, -0.1) is 0 Å². The number of aliphatic imine (C=N–C) groups is 1. The summed E-state index contributed by atoms with van der Waals surface area (Å²) in [6.07, 6.45) is 1.51. The molecule has 1 aliphatic rings. The zero-order chi connectivity index (χ0) is 28.0. The first-order valence-electron chi connectivity index (χ1n) is 12.3. The number of nitrogens with zero attached hydrogens (tertiary/aromatic N) is 2. The van der Waals surface area contributed by atoms with Gasteiger partial charge in [0.05, 0.1) is 41.5 Å². The van der Waals surface area contributed by atoms with Crippen molar-refractivity contribution in [3.63, 3.8) is 0 Å². The molecular formula is C30H32F2N2O5. The van der Waals surface area contributed by atoms with Crippen molar-refractivity contribution in [1.82, 2.24) is 4.90 Å². The monoisotopic (exact) mass is 538 g/mol. The molecule has 0 fully saturated rings. The molecular weight excluding hydrogens is 506 g/mol. The Morgan fingerprint density at radius 3 is 1.87 bits per heavy atom. The predicted molar refractivity (Wildman–Crippen MR) is 145 cm³/mol. The molecule has 3 aromatic carbocycles. The summed E-state index contributed by atoms with van der Waals surface area (Å²) in [6, 6.07) is 17.1. The highest BCUT2D eigenvalue weighted by Gasteiger charge is 2.38. The summed E-state index contributed by atoms with van der Waals surface area (Å²) in [6.45, 7) is 1.28. The first-order valence-corrected chi connectivity index (χ1v) is 12.3. The lowest BCUT2D eigenvalue weighted by Gasteiger charge is -2.34. The molecule has 0 amide bonds. The van der Waals surface area contributed by atoms with E-state index in [0.29, 0.717) is 28.8 Å². The lowest BCUT2D eigenvalue weighted by molar-refractivity contribution is 0.238. The lowest BCUT2D eigenvalue weighted by Crippen LogP contribution is -2.39. The zero-order valence-corrected chi connectivity index (χ0v) is 22.7. The van der Waals surface area contributed by atoms with Gasteiger partial charge in [0, 0.05) is 28.8 Å². The van der Waals surface area contributed by atoms with E-state index in [0.717, 1.165) is 11.1 Å². The van der Waals surface area contributed by atoms with E-state index >= 15 is 0 Å². The van der Waals surface area contributed by atoms with Crippen LogP contribution in [0.25, 0.3) is 0 Å². The van der Waals surface area contributed by atoms with Gasteiger partial charge in [-0.3, -0.25) is 0 Å². The van der Waals surface area contributed by atoms with E-state index in [1.165, 1.54) is 18.2 Å². The number of allylic oxidation sites excluding steroid dienone is 1. The third-order valence-corrected chi connectivity index (χ3v) is 6.51. The number of hydrogen-bond acceptors (Lipinski definition) is 7. The summed E-state index contributed by atoms with van der Waals surface area (Å²) >= 11 is 0. The number of benzene rings is 3. The molecule has 1 aliphatic heterocycles. The summed E-state index contributed by atoms with van der Waals surface area (Å²) in [5, 5.41) is 0. The van der Waals surface area contributed by atoms with Crippen LogP contribution in [0.5, 0.6) is 23.0 Å². The number of ether oxygens (including phenoxy) is 5. The van der Waals surface area contributed by atoms with E-state index in [2.05, 4.69) is 4.99 Å². The smallest absolute Gasteiger partial charge is 0.294 e. The molecule has 3 aromatic rings. The van der Waals surface area contributed by atoms with E-state index in [-0.39, 0.29) is 24.7 Å². The maximum Gasteiger partial charge on any atom is 0.294 e. The van der Waals surface area contributed by atoms with Gasteiger partial charge in [0.25, 0.3) is 6.02 Å². The highest BCUT2D eigenvalue weighted by molar-refractivity contribution is 5.77. The normalized spacial score (nSPS) is 16.5. The summed E-state index contributed by atoms with van der Waals surface area (Å²) in [7, 11) is 6.30. The molecule has 0 unspecified atom stereocenters. The maximum absolute atomic E-state index is 14.9. The maximum atomic E-state index is 14.9. The van der Waals surface area contributed by atoms with Gasteiger partial charge in [-0.05, 0) is 43.3 Å². The fourth-order valence-corrected chi connectivity index (χ4v) is 4.53. The van der Waals surface area contributed by atoms with Crippen molar-refractivity contribution in [2.75, 3.05) is 35.1 Å². The lowest BCUT2D eigenvalue weighted by atomic mass is 9.90. The van der Waals surface area contributed by atoms with E-state index in [9.17, 15) is 8.78 Å². The second-order valence-corrected chi connectivity index (χ2v) is 9.00. The molecule has 0 spiro atoms. The number of methoxy groups -OCH3 is 4. The molecule has 1 heterocycles. The Labute approximate surface area is 227 Å². The number of hydrogen-bond donors (Lipinski definition) is 0.